The Morgan fingerprint density at radius 1 is 1.12 bits per heavy atom. The zero-order chi connectivity index (χ0) is 16.7. The molecule has 2 aromatic rings. The molecule has 0 atom stereocenters. The van der Waals surface area contributed by atoms with E-state index in [0.29, 0.717) is 11.6 Å². The van der Waals surface area contributed by atoms with Crippen LogP contribution in [0.1, 0.15) is 25.7 Å². The van der Waals surface area contributed by atoms with E-state index >= 15 is 0 Å². The van der Waals surface area contributed by atoms with Crippen LogP contribution < -0.4 is 16.0 Å². The molecule has 0 spiro atoms. The van der Waals surface area contributed by atoms with Crippen molar-refractivity contribution in [2.75, 3.05) is 23.3 Å². The predicted octanol–water partition coefficient (Wildman–Crippen LogP) is 0.779. The quantitative estimate of drug-likeness (QED) is 0.863. The number of nitrogens with two attached hydrogens (primary N) is 1. The molecule has 4 rings (SSSR count). The smallest absolute Gasteiger partial charge is 0.249 e. The molecule has 0 aromatic carbocycles. The topological polar surface area (TPSA) is 106 Å². The van der Waals surface area contributed by atoms with Gasteiger partial charge in [0.1, 0.15) is 5.82 Å². The Bertz CT molecular complexity index is 789. The number of fused-ring (bicyclic) bond motifs is 1. The molecule has 2 aromatic heterocycles. The molecule has 1 saturated carbocycles. The summed E-state index contributed by atoms with van der Waals surface area (Å²) in [5.41, 5.74) is 6.09. The van der Waals surface area contributed by atoms with Gasteiger partial charge in [-0.05, 0) is 37.8 Å². The van der Waals surface area contributed by atoms with Gasteiger partial charge < -0.3 is 10.6 Å². The van der Waals surface area contributed by atoms with Crippen molar-refractivity contribution in [2.24, 2.45) is 17.6 Å². The second-order valence-electron chi connectivity index (χ2n) is 6.52. The lowest BCUT2D eigenvalue weighted by molar-refractivity contribution is -0.122. The Labute approximate surface area is 139 Å². The number of hydrogen-bond donors (Lipinski definition) is 2. The molecule has 2 amide bonds. The van der Waals surface area contributed by atoms with Gasteiger partial charge in [0.2, 0.25) is 17.8 Å². The van der Waals surface area contributed by atoms with Gasteiger partial charge in [-0.2, -0.15) is 9.50 Å². The van der Waals surface area contributed by atoms with Crippen molar-refractivity contribution in [3.8, 4) is 0 Å². The first kappa shape index (κ1) is 14.9. The highest BCUT2D eigenvalue weighted by molar-refractivity contribution is 5.92. The Morgan fingerprint density at radius 2 is 1.88 bits per heavy atom. The molecule has 1 aliphatic heterocycles. The number of hydrogen-bond acceptors (Lipinski definition) is 5. The third kappa shape index (κ3) is 2.79. The van der Waals surface area contributed by atoms with Crippen molar-refractivity contribution < 1.29 is 9.59 Å². The second kappa shape index (κ2) is 5.77. The Hall–Kier alpha value is -2.64. The molecule has 24 heavy (non-hydrogen) atoms. The summed E-state index contributed by atoms with van der Waals surface area (Å²) in [5.74, 6) is 1.09. The van der Waals surface area contributed by atoms with Gasteiger partial charge in [0.25, 0.3) is 0 Å². The van der Waals surface area contributed by atoms with E-state index in [1.54, 1.807) is 4.52 Å². The maximum absolute atomic E-state index is 11.9. The number of anilines is 2. The minimum atomic E-state index is -0.223. The lowest BCUT2D eigenvalue weighted by Gasteiger charge is -2.32. The van der Waals surface area contributed by atoms with Gasteiger partial charge in [-0.25, -0.2) is 0 Å². The lowest BCUT2D eigenvalue weighted by atomic mass is 9.96. The van der Waals surface area contributed by atoms with E-state index in [0.717, 1.165) is 44.6 Å². The molecule has 8 nitrogen and oxygen atoms in total. The van der Waals surface area contributed by atoms with Crippen LogP contribution in [0.15, 0.2) is 18.2 Å². The minimum absolute atomic E-state index is 0.00488. The number of carbonyl (C=O) groups is 2. The van der Waals surface area contributed by atoms with E-state index in [1.165, 1.54) is 0 Å². The summed E-state index contributed by atoms with van der Waals surface area (Å²) in [4.78, 5) is 29.8. The van der Waals surface area contributed by atoms with Gasteiger partial charge in [0.05, 0.1) is 0 Å². The molecule has 0 unspecified atom stereocenters. The van der Waals surface area contributed by atoms with Crippen molar-refractivity contribution in [1.29, 1.82) is 0 Å². The van der Waals surface area contributed by atoms with Crippen molar-refractivity contribution in [1.82, 2.24) is 14.6 Å². The number of nitrogens with zero attached hydrogens (tertiary/aromatic N) is 4. The highest BCUT2D eigenvalue weighted by Crippen LogP contribution is 2.30. The van der Waals surface area contributed by atoms with Crippen LogP contribution in [0, 0.1) is 11.8 Å². The number of primary amides is 1. The fourth-order valence-corrected chi connectivity index (χ4v) is 3.13. The maximum atomic E-state index is 11.9. The van der Waals surface area contributed by atoms with Crippen LogP contribution in [-0.2, 0) is 9.59 Å². The summed E-state index contributed by atoms with van der Waals surface area (Å²) >= 11 is 0. The lowest BCUT2D eigenvalue weighted by Crippen LogP contribution is -2.39. The zero-order valence-corrected chi connectivity index (χ0v) is 13.3. The number of aromatic nitrogens is 3. The molecule has 8 heteroatoms. The largest absolute Gasteiger partial charge is 0.369 e. The molecule has 0 bridgehead atoms. The first-order valence-corrected chi connectivity index (χ1v) is 8.33. The first-order chi connectivity index (χ1) is 11.6. The van der Waals surface area contributed by atoms with E-state index in [4.69, 9.17) is 5.73 Å². The SMILES string of the molecule is NC(=O)C1CCN(c2cccc3nc(NC(=O)C4CC4)nn23)CC1. The maximum Gasteiger partial charge on any atom is 0.249 e. The van der Waals surface area contributed by atoms with Crippen LogP contribution in [0.2, 0.25) is 0 Å². The number of piperidine rings is 1. The third-order valence-electron chi connectivity index (χ3n) is 4.74. The van der Waals surface area contributed by atoms with Crippen LogP contribution >= 0.6 is 0 Å². The highest BCUT2D eigenvalue weighted by atomic mass is 16.2. The first-order valence-electron chi connectivity index (χ1n) is 8.33. The minimum Gasteiger partial charge on any atom is -0.369 e. The summed E-state index contributed by atoms with van der Waals surface area (Å²) in [6.07, 6.45) is 3.37. The van der Waals surface area contributed by atoms with Gasteiger partial charge in [0, 0.05) is 24.9 Å². The van der Waals surface area contributed by atoms with Gasteiger partial charge >= 0.3 is 0 Å². The standard InChI is InChI=1S/C16H20N6O2/c17-14(23)10-6-8-21(9-7-10)13-3-1-2-12-18-16(20-22(12)13)19-15(24)11-4-5-11/h1-3,10-11H,4-9H2,(H2,17,23)(H,19,20,24). The van der Waals surface area contributed by atoms with Crippen LogP contribution in [0.25, 0.3) is 5.65 Å². The van der Waals surface area contributed by atoms with Crippen LogP contribution in [0.3, 0.4) is 0 Å². The Balaban J connectivity index is 1.56. The van der Waals surface area contributed by atoms with Gasteiger partial charge in [-0.1, -0.05) is 6.07 Å². The van der Waals surface area contributed by atoms with Crippen LogP contribution in [-0.4, -0.2) is 39.5 Å². The normalized spacial score (nSPS) is 18.8. The Morgan fingerprint density at radius 3 is 2.54 bits per heavy atom. The molecule has 2 fully saturated rings. The zero-order valence-electron chi connectivity index (χ0n) is 13.3. The molecule has 3 N–H and O–H groups in total. The van der Waals surface area contributed by atoms with E-state index in [-0.39, 0.29) is 23.7 Å². The van der Waals surface area contributed by atoms with Crippen molar-refractivity contribution in [2.45, 2.75) is 25.7 Å². The number of amides is 2. The fraction of sp³-hybridized carbons (Fsp3) is 0.500. The number of carbonyl (C=O) groups excluding carboxylic acids is 2. The molecule has 126 valence electrons. The van der Waals surface area contributed by atoms with E-state index < -0.39 is 0 Å². The van der Waals surface area contributed by atoms with E-state index in [1.807, 2.05) is 18.2 Å². The number of pyridine rings is 1. The van der Waals surface area contributed by atoms with Crippen molar-refractivity contribution in [3.05, 3.63) is 18.2 Å². The van der Waals surface area contributed by atoms with Crippen LogP contribution in [0.5, 0.6) is 0 Å². The average molecular weight is 328 g/mol. The van der Waals surface area contributed by atoms with Gasteiger partial charge in [-0.3, -0.25) is 14.9 Å². The van der Waals surface area contributed by atoms with E-state index in [2.05, 4.69) is 20.3 Å². The fourth-order valence-electron chi connectivity index (χ4n) is 3.13. The highest BCUT2D eigenvalue weighted by Gasteiger charge is 2.30. The molecular formula is C16H20N6O2. The molecule has 1 saturated heterocycles. The number of nitrogens with one attached hydrogen (secondary N) is 1. The number of rotatable bonds is 4. The van der Waals surface area contributed by atoms with Gasteiger partial charge in [0.15, 0.2) is 5.65 Å². The van der Waals surface area contributed by atoms with Crippen molar-refractivity contribution in [3.63, 3.8) is 0 Å². The summed E-state index contributed by atoms with van der Waals surface area (Å²) < 4.78 is 1.74. The summed E-state index contributed by atoms with van der Waals surface area (Å²) in [6.45, 7) is 1.49. The molecular weight excluding hydrogens is 308 g/mol. The molecule has 0 radical (unpaired) electrons. The summed E-state index contributed by atoms with van der Waals surface area (Å²) in [6, 6.07) is 5.75. The average Bonchev–Trinajstić information content (AvgIpc) is 3.35. The monoisotopic (exact) mass is 328 g/mol. The predicted molar refractivity (Wildman–Crippen MR) is 88.5 cm³/mol. The van der Waals surface area contributed by atoms with Gasteiger partial charge in [-0.15, -0.1) is 5.10 Å². The Kier molecular flexibility index (Phi) is 3.59. The van der Waals surface area contributed by atoms with Crippen molar-refractivity contribution >= 4 is 29.2 Å². The van der Waals surface area contributed by atoms with Crippen LogP contribution in [0.4, 0.5) is 11.8 Å². The summed E-state index contributed by atoms with van der Waals surface area (Å²) in [5, 5.41) is 7.22. The molecule has 1 aliphatic carbocycles. The second-order valence-corrected chi connectivity index (χ2v) is 6.52. The molecule has 2 aliphatic rings. The molecule has 3 heterocycles. The summed E-state index contributed by atoms with van der Waals surface area (Å²) in [7, 11) is 0. The van der Waals surface area contributed by atoms with E-state index in [9.17, 15) is 9.59 Å². The third-order valence-corrected chi connectivity index (χ3v) is 4.74.